The zero-order valence-corrected chi connectivity index (χ0v) is 20.0. The summed E-state index contributed by atoms with van der Waals surface area (Å²) in [6.07, 6.45) is 3.14. The Morgan fingerprint density at radius 3 is 2.18 bits per heavy atom. The average Bonchev–Trinajstić information content (AvgIpc) is 3.30. The van der Waals surface area contributed by atoms with Gasteiger partial charge >= 0.3 is 6.18 Å². The van der Waals surface area contributed by atoms with E-state index in [1.54, 1.807) is 0 Å². The maximum Gasteiger partial charge on any atom is 0.416 e. The third kappa shape index (κ3) is 4.07. The van der Waals surface area contributed by atoms with Crippen molar-refractivity contribution in [1.29, 1.82) is 0 Å². The van der Waals surface area contributed by atoms with Gasteiger partial charge in [0.1, 0.15) is 6.10 Å². The second-order valence-corrected chi connectivity index (χ2v) is 11.1. The number of aliphatic hydroxyl groups is 2. The molecule has 3 aliphatic rings. The van der Waals surface area contributed by atoms with E-state index in [2.05, 4.69) is 13.8 Å². The third-order valence-electron chi connectivity index (χ3n) is 8.49. The van der Waals surface area contributed by atoms with E-state index in [1.165, 1.54) is 18.6 Å². The summed E-state index contributed by atoms with van der Waals surface area (Å²) in [4.78, 5) is 5.17. The van der Waals surface area contributed by atoms with Crippen molar-refractivity contribution in [3.63, 3.8) is 0 Å². The van der Waals surface area contributed by atoms with E-state index < -0.39 is 23.9 Å². The summed E-state index contributed by atoms with van der Waals surface area (Å²) in [5.41, 5.74) is 4.24. The summed E-state index contributed by atoms with van der Waals surface area (Å²) in [5, 5.41) is 22.9. The van der Waals surface area contributed by atoms with Crippen LogP contribution in [-0.4, -0.2) is 15.2 Å². The molecule has 1 spiro atoms. The van der Waals surface area contributed by atoms with Crippen molar-refractivity contribution in [2.75, 3.05) is 0 Å². The summed E-state index contributed by atoms with van der Waals surface area (Å²) < 4.78 is 39.3. The first-order chi connectivity index (χ1) is 16.1. The lowest BCUT2D eigenvalue weighted by Crippen LogP contribution is -2.39. The normalized spacial score (nSPS) is 23.2. The predicted molar refractivity (Wildman–Crippen MR) is 125 cm³/mol. The fourth-order valence-electron chi connectivity index (χ4n) is 6.65. The van der Waals surface area contributed by atoms with E-state index >= 15 is 0 Å². The highest BCUT2D eigenvalue weighted by Crippen LogP contribution is 2.55. The minimum Gasteiger partial charge on any atom is -0.388 e. The van der Waals surface area contributed by atoms with E-state index in [0.717, 1.165) is 86.0 Å². The topological polar surface area (TPSA) is 53.4 Å². The maximum absolute atomic E-state index is 13.1. The molecule has 2 N–H and O–H groups in total. The van der Waals surface area contributed by atoms with Crippen molar-refractivity contribution in [3.05, 3.63) is 63.5 Å². The van der Waals surface area contributed by atoms with Gasteiger partial charge in [-0.05, 0) is 73.1 Å². The van der Waals surface area contributed by atoms with Crippen molar-refractivity contribution in [3.8, 4) is 0 Å². The summed E-state index contributed by atoms with van der Waals surface area (Å²) in [7, 11) is 0. The average molecular weight is 474 g/mol. The fraction of sp³-hybridized carbons (Fsp3) is 0.607. The number of nitrogens with zero attached hydrogens (tertiary/aromatic N) is 1. The Kier molecular flexibility index (Phi) is 6.04. The minimum absolute atomic E-state index is 0.0427. The molecule has 2 atom stereocenters. The van der Waals surface area contributed by atoms with E-state index in [1.807, 2.05) is 0 Å². The first-order valence-corrected chi connectivity index (χ1v) is 12.7. The van der Waals surface area contributed by atoms with Crippen molar-refractivity contribution in [2.45, 2.75) is 102 Å². The molecule has 0 bridgehead atoms. The lowest BCUT2D eigenvalue weighted by atomic mass is 9.59. The van der Waals surface area contributed by atoms with E-state index in [-0.39, 0.29) is 17.3 Å². The smallest absolute Gasteiger partial charge is 0.388 e. The van der Waals surface area contributed by atoms with Crippen LogP contribution < -0.4 is 0 Å². The molecule has 0 amide bonds. The van der Waals surface area contributed by atoms with Crippen molar-refractivity contribution < 1.29 is 23.4 Å². The summed E-state index contributed by atoms with van der Waals surface area (Å²) in [5.74, 6) is 0.277. The molecule has 2 fully saturated rings. The van der Waals surface area contributed by atoms with Gasteiger partial charge in [-0.2, -0.15) is 13.2 Å². The van der Waals surface area contributed by atoms with Crippen LogP contribution in [0.4, 0.5) is 13.2 Å². The molecule has 1 aromatic heterocycles. The Hall–Kier alpha value is -1.92. The van der Waals surface area contributed by atoms with Crippen LogP contribution in [0.1, 0.15) is 128 Å². The van der Waals surface area contributed by atoms with Crippen LogP contribution >= 0.6 is 0 Å². The van der Waals surface area contributed by atoms with Gasteiger partial charge < -0.3 is 10.2 Å². The largest absolute Gasteiger partial charge is 0.416 e. The predicted octanol–water partition coefficient (Wildman–Crippen LogP) is 7.11. The van der Waals surface area contributed by atoms with E-state index in [4.69, 9.17) is 4.98 Å². The Morgan fingerprint density at radius 1 is 1.00 bits per heavy atom. The molecule has 1 aromatic carbocycles. The summed E-state index contributed by atoms with van der Waals surface area (Å²) >= 11 is 0. The molecule has 3 aliphatic carbocycles. The Balaban J connectivity index is 1.66. The molecule has 34 heavy (non-hydrogen) atoms. The first kappa shape index (κ1) is 23.8. The fourth-order valence-corrected chi connectivity index (χ4v) is 6.65. The van der Waals surface area contributed by atoms with Gasteiger partial charge in [0.2, 0.25) is 0 Å². The molecular weight excluding hydrogens is 439 g/mol. The van der Waals surface area contributed by atoms with Crippen LogP contribution in [0, 0.1) is 5.41 Å². The Morgan fingerprint density at radius 2 is 1.65 bits per heavy atom. The zero-order chi connectivity index (χ0) is 24.3. The number of halogens is 3. The molecule has 3 nitrogen and oxygen atoms in total. The number of fused-ring (bicyclic) bond motifs is 1. The monoisotopic (exact) mass is 473 g/mol. The third-order valence-corrected chi connectivity index (χ3v) is 8.49. The second-order valence-electron chi connectivity index (χ2n) is 11.1. The van der Waals surface area contributed by atoms with Crippen LogP contribution in [0.15, 0.2) is 24.3 Å². The van der Waals surface area contributed by atoms with Crippen LogP contribution in [0.25, 0.3) is 0 Å². The zero-order valence-electron chi connectivity index (χ0n) is 20.0. The van der Waals surface area contributed by atoms with Gasteiger partial charge in [0, 0.05) is 22.7 Å². The molecule has 0 saturated heterocycles. The van der Waals surface area contributed by atoms with Gasteiger partial charge in [0.15, 0.2) is 0 Å². The van der Waals surface area contributed by atoms with E-state index in [0.29, 0.717) is 11.1 Å². The second kappa shape index (κ2) is 8.63. The van der Waals surface area contributed by atoms with Crippen molar-refractivity contribution in [2.24, 2.45) is 5.41 Å². The van der Waals surface area contributed by atoms with E-state index in [9.17, 15) is 23.4 Å². The van der Waals surface area contributed by atoms with Crippen molar-refractivity contribution >= 4 is 0 Å². The van der Waals surface area contributed by atoms with Crippen molar-refractivity contribution in [1.82, 2.24) is 4.98 Å². The van der Waals surface area contributed by atoms with Gasteiger partial charge in [0.25, 0.3) is 0 Å². The van der Waals surface area contributed by atoms with Gasteiger partial charge in [-0.3, -0.25) is 4.98 Å². The highest BCUT2D eigenvalue weighted by Gasteiger charge is 2.46. The number of aromatic nitrogens is 1. The summed E-state index contributed by atoms with van der Waals surface area (Å²) in [6, 6.07) is 4.80. The number of benzene rings is 1. The Bertz CT molecular complexity index is 1050. The molecule has 2 aromatic rings. The molecule has 0 radical (unpaired) electrons. The Labute approximate surface area is 199 Å². The number of aliphatic hydroxyl groups excluding tert-OH is 2. The van der Waals surface area contributed by atoms with Crippen LogP contribution in [0.5, 0.6) is 0 Å². The quantitative estimate of drug-likeness (QED) is 0.497. The number of hydrogen-bond acceptors (Lipinski definition) is 3. The van der Waals surface area contributed by atoms with Gasteiger partial charge in [0.05, 0.1) is 17.4 Å². The lowest BCUT2D eigenvalue weighted by Gasteiger charge is -2.48. The molecule has 184 valence electrons. The number of alkyl halides is 3. The molecule has 0 aliphatic heterocycles. The molecule has 5 rings (SSSR count). The number of rotatable bonds is 4. The number of pyridine rings is 1. The van der Waals surface area contributed by atoms with Gasteiger partial charge in [-0.15, -0.1) is 0 Å². The molecule has 2 saturated carbocycles. The highest BCUT2D eigenvalue weighted by atomic mass is 19.4. The van der Waals surface area contributed by atoms with Gasteiger partial charge in [-0.1, -0.05) is 45.2 Å². The van der Waals surface area contributed by atoms with Crippen LogP contribution in [0.3, 0.4) is 0 Å². The first-order valence-electron chi connectivity index (χ1n) is 12.7. The van der Waals surface area contributed by atoms with Crippen LogP contribution in [0.2, 0.25) is 0 Å². The molecule has 2 unspecified atom stereocenters. The van der Waals surface area contributed by atoms with Gasteiger partial charge in [-0.25, -0.2) is 0 Å². The lowest BCUT2D eigenvalue weighted by molar-refractivity contribution is -0.137. The molecule has 6 heteroatoms. The molecular formula is C28H34F3NO2. The molecule has 1 heterocycles. The SMILES string of the molecule is CC(C)c1c2c(nc(C3CCCC3)c1C(O)c1ccc(C(F)(F)F)cc1)CC1(CCC1)CC2O. The number of hydrogen-bond donors (Lipinski definition) is 2. The summed E-state index contributed by atoms with van der Waals surface area (Å²) in [6.45, 7) is 4.13. The standard InChI is InChI=1S/C28H34F3NO2/c1-16(2)22-23-20(14-27(12-5-13-27)15-21(23)33)32-25(17-6-3-4-7-17)24(22)26(34)18-8-10-19(11-9-18)28(29,30)31/h8-11,16-17,21,26,33-34H,3-7,12-15H2,1-2H3. The minimum atomic E-state index is -4.42. The van der Waals surface area contributed by atoms with Crippen LogP contribution in [-0.2, 0) is 12.6 Å². The maximum atomic E-state index is 13.1. The highest BCUT2D eigenvalue weighted by molar-refractivity contribution is 5.50.